The van der Waals surface area contributed by atoms with Crippen molar-refractivity contribution in [3.8, 4) is 0 Å². The zero-order chi connectivity index (χ0) is 12.9. The molecule has 0 radical (unpaired) electrons. The molecule has 0 aromatic heterocycles. The summed E-state index contributed by atoms with van der Waals surface area (Å²) in [6.45, 7) is 6.61. The van der Waals surface area contributed by atoms with Crippen LogP contribution in [0.3, 0.4) is 0 Å². The Kier molecular flexibility index (Phi) is 5.18. The van der Waals surface area contributed by atoms with E-state index in [1.807, 2.05) is 32.9 Å². The summed E-state index contributed by atoms with van der Waals surface area (Å²) in [6, 6.07) is 7.20. The molecule has 0 aliphatic heterocycles. The van der Waals surface area contributed by atoms with Crippen LogP contribution in [-0.2, 0) is 15.3 Å². The van der Waals surface area contributed by atoms with E-state index in [4.69, 9.17) is 9.47 Å². The molecule has 4 heteroatoms. The molecule has 0 saturated carbocycles. The summed E-state index contributed by atoms with van der Waals surface area (Å²) in [6.07, 6.45) is 0. The van der Waals surface area contributed by atoms with Crippen molar-refractivity contribution in [1.82, 2.24) is 0 Å². The van der Waals surface area contributed by atoms with E-state index in [-0.39, 0.29) is 5.12 Å². The third-order valence-electron chi connectivity index (χ3n) is 2.49. The molecule has 0 amide bonds. The smallest absolute Gasteiger partial charge is 0.216 e. The van der Waals surface area contributed by atoms with Crippen LogP contribution in [0.25, 0.3) is 0 Å². The molecule has 0 saturated heterocycles. The summed E-state index contributed by atoms with van der Waals surface area (Å²) in [5.74, 6) is -0.904. The van der Waals surface area contributed by atoms with Gasteiger partial charge in [0, 0.05) is 24.3 Å². The first kappa shape index (κ1) is 14.2. The Hall–Kier alpha value is -0.840. The monoisotopic (exact) mass is 254 g/mol. The van der Waals surface area contributed by atoms with E-state index in [2.05, 4.69) is 12.6 Å². The first-order valence-corrected chi connectivity index (χ1v) is 6.10. The van der Waals surface area contributed by atoms with Gasteiger partial charge < -0.3 is 9.47 Å². The summed E-state index contributed by atoms with van der Waals surface area (Å²) in [5.41, 5.74) is 1.23. The number of carbonyl (C=O) groups excluding carboxylic acids is 1. The second-order valence-electron chi connectivity index (χ2n) is 3.66. The summed E-state index contributed by atoms with van der Waals surface area (Å²) < 4.78 is 11.3. The van der Waals surface area contributed by atoms with Crippen molar-refractivity contribution >= 4 is 17.7 Å². The number of rotatable bonds is 6. The molecule has 1 aromatic carbocycles. The quantitative estimate of drug-likeness (QED) is 0.626. The summed E-state index contributed by atoms with van der Waals surface area (Å²) in [5, 5.41) is -0.286. The number of hydrogen-bond donors (Lipinski definition) is 1. The van der Waals surface area contributed by atoms with Crippen molar-refractivity contribution in [2.75, 3.05) is 13.2 Å². The van der Waals surface area contributed by atoms with Crippen molar-refractivity contribution < 1.29 is 14.3 Å². The second kappa shape index (κ2) is 6.19. The fourth-order valence-corrected chi connectivity index (χ4v) is 2.01. The highest BCUT2D eigenvalue weighted by molar-refractivity contribution is 7.97. The minimum Gasteiger partial charge on any atom is -0.346 e. The Bertz CT molecular complexity index is 384. The summed E-state index contributed by atoms with van der Waals surface area (Å²) in [4.78, 5) is 11.5. The molecule has 0 aliphatic carbocycles. The van der Waals surface area contributed by atoms with Gasteiger partial charge in [-0.1, -0.05) is 24.3 Å². The van der Waals surface area contributed by atoms with Crippen LogP contribution >= 0.6 is 12.6 Å². The lowest BCUT2D eigenvalue weighted by Gasteiger charge is -2.30. The molecule has 0 fully saturated rings. The Morgan fingerprint density at radius 1 is 1.24 bits per heavy atom. The fourth-order valence-electron chi connectivity index (χ4n) is 1.81. The standard InChI is InChI=1S/C13H18O3S/c1-4-15-13(3,16-5-2)11-9-7-6-8-10(11)12(14)17/h6-9H,4-5H2,1-3H3,(H,14,17). The molecule has 0 bridgehead atoms. The molecule has 0 atom stereocenters. The van der Waals surface area contributed by atoms with Crippen molar-refractivity contribution in [3.05, 3.63) is 35.4 Å². The average molecular weight is 254 g/mol. The number of benzene rings is 1. The van der Waals surface area contributed by atoms with Crippen molar-refractivity contribution in [3.63, 3.8) is 0 Å². The lowest BCUT2D eigenvalue weighted by Crippen LogP contribution is -2.31. The Morgan fingerprint density at radius 2 is 1.76 bits per heavy atom. The van der Waals surface area contributed by atoms with Gasteiger partial charge in [0.05, 0.1) is 0 Å². The Balaban J connectivity index is 3.22. The second-order valence-corrected chi connectivity index (χ2v) is 4.07. The maximum Gasteiger partial charge on any atom is 0.216 e. The van der Waals surface area contributed by atoms with Gasteiger partial charge in [-0.15, -0.1) is 12.6 Å². The van der Waals surface area contributed by atoms with Crippen molar-refractivity contribution in [2.45, 2.75) is 26.6 Å². The van der Waals surface area contributed by atoms with Crippen molar-refractivity contribution in [2.24, 2.45) is 0 Å². The van der Waals surface area contributed by atoms with Gasteiger partial charge in [-0.2, -0.15) is 0 Å². The van der Waals surface area contributed by atoms with Gasteiger partial charge in [-0.05, 0) is 20.8 Å². The van der Waals surface area contributed by atoms with E-state index in [0.29, 0.717) is 24.3 Å². The first-order chi connectivity index (χ1) is 8.05. The fraction of sp³-hybridized carbons (Fsp3) is 0.462. The largest absolute Gasteiger partial charge is 0.346 e. The number of thiol groups is 1. The third kappa shape index (κ3) is 3.31. The molecule has 0 aliphatic rings. The van der Waals surface area contributed by atoms with E-state index >= 15 is 0 Å². The lowest BCUT2D eigenvalue weighted by atomic mass is 10.0. The predicted octanol–water partition coefficient (Wildman–Crippen LogP) is 3.00. The van der Waals surface area contributed by atoms with E-state index in [1.54, 1.807) is 12.1 Å². The van der Waals surface area contributed by atoms with E-state index in [0.717, 1.165) is 0 Å². The van der Waals surface area contributed by atoms with Crippen LogP contribution in [0.1, 0.15) is 36.7 Å². The highest BCUT2D eigenvalue weighted by Gasteiger charge is 2.31. The zero-order valence-electron chi connectivity index (χ0n) is 10.4. The maximum absolute atomic E-state index is 11.5. The van der Waals surface area contributed by atoms with E-state index < -0.39 is 5.79 Å². The molecule has 0 N–H and O–H groups in total. The molecule has 0 heterocycles. The van der Waals surface area contributed by atoms with Crippen LogP contribution in [0.5, 0.6) is 0 Å². The molecule has 3 nitrogen and oxygen atoms in total. The minimum atomic E-state index is -0.904. The molecule has 1 rings (SSSR count). The molecular weight excluding hydrogens is 236 g/mol. The van der Waals surface area contributed by atoms with Gasteiger partial charge in [0.15, 0.2) is 5.79 Å². The highest BCUT2D eigenvalue weighted by atomic mass is 32.1. The van der Waals surface area contributed by atoms with Gasteiger partial charge in [0.1, 0.15) is 0 Å². The molecular formula is C13H18O3S. The lowest BCUT2D eigenvalue weighted by molar-refractivity contribution is -0.230. The SMILES string of the molecule is CCOC(C)(OCC)c1ccccc1C(=O)S. The molecule has 0 spiro atoms. The Labute approximate surface area is 108 Å². The van der Waals surface area contributed by atoms with Crippen LogP contribution in [0, 0.1) is 0 Å². The number of hydrogen-bond acceptors (Lipinski definition) is 3. The minimum absolute atomic E-state index is 0.286. The van der Waals surface area contributed by atoms with Crippen molar-refractivity contribution in [1.29, 1.82) is 0 Å². The third-order valence-corrected chi connectivity index (χ3v) is 2.73. The molecule has 0 unspecified atom stereocenters. The Morgan fingerprint density at radius 3 is 2.24 bits per heavy atom. The normalized spacial score (nSPS) is 11.5. The van der Waals surface area contributed by atoms with Crippen LogP contribution < -0.4 is 0 Å². The average Bonchev–Trinajstić information content (AvgIpc) is 2.29. The van der Waals surface area contributed by atoms with Crippen LogP contribution in [0.15, 0.2) is 24.3 Å². The summed E-state index contributed by atoms with van der Waals surface area (Å²) >= 11 is 3.88. The molecule has 94 valence electrons. The van der Waals surface area contributed by atoms with Gasteiger partial charge in [0.25, 0.3) is 0 Å². The maximum atomic E-state index is 11.5. The van der Waals surface area contributed by atoms with E-state index in [1.165, 1.54) is 0 Å². The summed E-state index contributed by atoms with van der Waals surface area (Å²) in [7, 11) is 0. The van der Waals surface area contributed by atoms with Gasteiger partial charge in [-0.25, -0.2) is 0 Å². The van der Waals surface area contributed by atoms with Gasteiger partial charge >= 0.3 is 0 Å². The van der Waals surface area contributed by atoms with Gasteiger partial charge in [0.2, 0.25) is 5.12 Å². The zero-order valence-corrected chi connectivity index (χ0v) is 11.3. The highest BCUT2D eigenvalue weighted by Crippen LogP contribution is 2.30. The van der Waals surface area contributed by atoms with E-state index in [9.17, 15) is 4.79 Å². The van der Waals surface area contributed by atoms with Gasteiger partial charge in [-0.3, -0.25) is 4.79 Å². The van der Waals surface area contributed by atoms with Crippen LogP contribution in [-0.4, -0.2) is 18.3 Å². The van der Waals surface area contributed by atoms with Crippen LogP contribution in [0.2, 0.25) is 0 Å². The molecule has 17 heavy (non-hydrogen) atoms. The number of carbonyl (C=O) groups is 1. The topological polar surface area (TPSA) is 35.5 Å². The van der Waals surface area contributed by atoms with Crippen LogP contribution in [0.4, 0.5) is 0 Å². The predicted molar refractivity (Wildman–Crippen MR) is 70.4 cm³/mol. The molecule has 1 aromatic rings. The number of ether oxygens (including phenoxy) is 2. The first-order valence-electron chi connectivity index (χ1n) is 5.65.